The lowest BCUT2D eigenvalue weighted by Crippen LogP contribution is -2.31. The number of nitrogens with one attached hydrogen (secondary N) is 1. The summed E-state index contributed by atoms with van der Waals surface area (Å²) in [7, 11) is 1.85. The Kier molecular flexibility index (Phi) is 10.3. The summed E-state index contributed by atoms with van der Waals surface area (Å²) < 4.78 is 14.5. The smallest absolute Gasteiger partial charge is 0.223 e. The largest absolute Gasteiger partial charge is 0.335 e. The number of rotatable bonds is 8. The van der Waals surface area contributed by atoms with Gasteiger partial charge < -0.3 is 10.2 Å². The molecule has 21 heavy (non-hydrogen) atoms. The van der Waals surface area contributed by atoms with Crippen LogP contribution in [-0.4, -0.2) is 30.9 Å². The Hall–Kier alpha value is -0.910. The maximum Gasteiger partial charge on any atom is 0.223 e. The second kappa shape index (κ2) is 10.8. The first-order valence-corrected chi connectivity index (χ1v) is 7.35. The Balaban J connectivity index is 0.00000400. The van der Waals surface area contributed by atoms with Gasteiger partial charge in [0, 0.05) is 29.5 Å². The molecule has 3 nitrogen and oxygen atoms in total. The minimum atomic E-state index is -0.301. The van der Waals surface area contributed by atoms with Gasteiger partial charge in [0.1, 0.15) is 5.82 Å². The van der Waals surface area contributed by atoms with Gasteiger partial charge in [-0.25, -0.2) is 4.39 Å². The lowest BCUT2D eigenvalue weighted by molar-refractivity contribution is -0.131. The average Bonchev–Trinajstić information content (AvgIpc) is 2.42. The molecule has 0 unspecified atom stereocenters. The summed E-state index contributed by atoms with van der Waals surface area (Å²) in [5.74, 6) is -0.287. The summed E-state index contributed by atoms with van der Waals surface area (Å²) in [5, 5.41) is 3.00. The fraction of sp³-hybridized carbons (Fsp3) is 0.400. The number of amides is 1. The standard InChI is InChI=1S/C15H20BrFN2O.ClH/c1-3-9-19(15(20)5-4-8-18-2)11-12-10-13(16)6-7-14(12)17;/h3,6-7,10,18H,1,4-5,8-9,11H2,2H3;1H. The van der Waals surface area contributed by atoms with Crippen molar-refractivity contribution in [3.8, 4) is 0 Å². The van der Waals surface area contributed by atoms with Gasteiger partial charge in [-0.2, -0.15) is 0 Å². The number of benzene rings is 1. The van der Waals surface area contributed by atoms with Crippen LogP contribution in [-0.2, 0) is 11.3 Å². The molecule has 0 fully saturated rings. The van der Waals surface area contributed by atoms with Gasteiger partial charge in [0.05, 0.1) is 0 Å². The molecule has 0 radical (unpaired) electrons. The zero-order chi connectivity index (χ0) is 15.0. The SMILES string of the molecule is C=CCN(Cc1cc(Br)ccc1F)C(=O)CCCNC.Cl. The van der Waals surface area contributed by atoms with E-state index in [-0.39, 0.29) is 30.7 Å². The average molecular weight is 380 g/mol. The van der Waals surface area contributed by atoms with E-state index in [0.717, 1.165) is 17.4 Å². The van der Waals surface area contributed by atoms with Gasteiger partial charge in [0.25, 0.3) is 0 Å². The van der Waals surface area contributed by atoms with E-state index >= 15 is 0 Å². The zero-order valence-corrected chi connectivity index (χ0v) is 14.5. The number of hydrogen-bond acceptors (Lipinski definition) is 2. The highest BCUT2D eigenvalue weighted by Gasteiger charge is 2.14. The van der Waals surface area contributed by atoms with Crippen LogP contribution in [0.4, 0.5) is 4.39 Å². The Morgan fingerprint density at radius 2 is 2.24 bits per heavy atom. The van der Waals surface area contributed by atoms with Crippen molar-refractivity contribution in [2.45, 2.75) is 19.4 Å². The third kappa shape index (κ3) is 7.07. The number of nitrogens with zero attached hydrogens (tertiary/aromatic N) is 1. The molecule has 118 valence electrons. The molecule has 0 aromatic heterocycles. The second-order valence-electron chi connectivity index (χ2n) is 4.51. The van der Waals surface area contributed by atoms with Crippen molar-refractivity contribution >= 4 is 34.2 Å². The lowest BCUT2D eigenvalue weighted by Gasteiger charge is -2.21. The summed E-state index contributed by atoms with van der Waals surface area (Å²) in [6.07, 6.45) is 2.88. The third-order valence-corrected chi connectivity index (χ3v) is 3.38. The molecule has 0 spiro atoms. The van der Waals surface area contributed by atoms with E-state index in [2.05, 4.69) is 27.8 Å². The fourth-order valence-corrected chi connectivity index (χ4v) is 2.26. The van der Waals surface area contributed by atoms with E-state index in [0.29, 0.717) is 18.5 Å². The molecule has 1 amide bonds. The van der Waals surface area contributed by atoms with Crippen LogP contribution in [0.1, 0.15) is 18.4 Å². The molecular weight excluding hydrogens is 359 g/mol. The molecule has 6 heteroatoms. The van der Waals surface area contributed by atoms with E-state index in [1.54, 1.807) is 23.1 Å². The van der Waals surface area contributed by atoms with E-state index in [9.17, 15) is 9.18 Å². The van der Waals surface area contributed by atoms with E-state index in [4.69, 9.17) is 0 Å². The van der Waals surface area contributed by atoms with Crippen molar-refractivity contribution in [3.05, 3.63) is 46.7 Å². The molecule has 1 aromatic carbocycles. The monoisotopic (exact) mass is 378 g/mol. The van der Waals surface area contributed by atoms with Gasteiger partial charge in [-0.15, -0.1) is 19.0 Å². The third-order valence-electron chi connectivity index (χ3n) is 2.89. The number of hydrogen-bond donors (Lipinski definition) is 1. The van der Waals surface area contributed by atoms with Crippen molar-refractivity contribution in [3.63, 3.8) is 0 Å². The summed E-state index contributed by atoms with van der Waals surface area (Å²) in [6.45, 7) is 5.12. The number of carbonyl (C=O) groups excluding carboxylic acids is 1. The van der Waals surface area contributed by atoms with E-state index in [1.165, 1.54) is 6.07 Å². The highest BCUT2D eigenvalue weighted by Crippen LogP contribution is 2.17. The first-order valence-electron chi connectivity index (χ1n) is 6.55. The quantitative estimate of drug-likeness (QED) is 0.553. The Labute approximate surface area is 140 Å². The van der Waals surface area contributed by atoms with Crippen LogP contribution in [0, 0.1) is 5.82 Å². The Bertz CT molecular complexity index is 471. The van der Waals surface area contributed by atoms with E-state index < -0.39 is 0 Å². The molecule has 1 rings (SSSR count). The normalized spacial score (nSPS) is 9.86. The van der Waals surface area contributed by atoms with Gasteiger partial charge >= 0.3 is 0 Å². The molecule has 0 saturated heterocycles. The summed E-state index contributed by atoms with van der Waals surface area (Å²) in [5.41, 5.74) is 0.503. The predicted octanol–water partition coefficient (Wildman–Crippen LogP) is 3.52. The van der Waals surface area contributed by atoms with Gasteiger partial charge in [-0.1, -0.05) is 22.0 Å². The molecule has 1 aromatic rings. The summed E-state index contributed by atoms with van der Waals surface area (Å²) >= 11 is 3.31. The van der Waals surface area contributed by atoms with Crippen LogP contribution in [0.15, 0.2) is 35.3 Å². The van der Waals surface area contributed by atoms with Crippen LogP contribution < -0.4 is 5.32 Å². The second-order valence-corrected chi connectivity index (χ2v) is 5.42. The Morgan fingerprint density at radius 1 is 1.52 bits per heavy atom. The van der Waals surface area contributed by atoms with Crippen molar-refractivity contribution in [2.75, 3.05) is 20.1 Å². The van der Waals surface area contributed by atoms with Gasteiger partial charge in [0.15, 0.2) is 0 Å². The van der Waals surface area contributed by atoms with Crippen LogP contribution >= 0.6 is 28.3 Å². The molecule has 0 aliphatic heterocycles. The van der Waals surface area contributed by atoms with Crippen molar-refractivity contribution in [1.29, 1.82) is 0 Å². The molecule has 0 aliphatic carbocycles. The van der Waals surface area contributed by atoms with Gasteiger partial charge in [0.2, 0.25) is 5.91 Å². The maximum absolute atomic E-state index is 13.7. The lowest BCUT2D eigenvalue weighted by atomic mass is 10.2. The van der Waals surface area contributed by atoms with Gasteiger partial charge in [-0.05, 0) is 38.2 Å². The van der Waals surface area contributed by atoms with Crippen LogP contribution in [0.2, 0.25) is 0 Å². The highest BCUT2D eigenvalue weighted by atomic mass is 79.9. The van der Waals surface area contributed by atoms with Crippen LogP contribution in [0.5, 0.6) is 0 Å². The van der Waals surface area contributed by atoms with Crippen molar-refractivity contribution in [2.24, 2.45) is 0 Å². The summed E-state index contributed by atoms with van der Waals surface area (Å²) in [6, 6.07) is 4.74. The first kappa shape index (κ1) is 20.1. The molecule has 0 atom stereocenters. The Morgan fingerprint density at radius 3 is 2.86 bits per heavy atom. The van der Waals surface area contributed by atoms with Crippen molar-refractivity contribution in [1.82, 2.24) is 10.2 Å². The summed E-state index contributed by atoms with van der Waals surface area (Å²) in [4.78, 5) is 13.7. The van der Waals surface area contributed by atoms with Crippen LogP contribution in [0.25, 0.3) is 0 Å². The number of halogens is 3. The van der Waals surface area contributed by atoms with E-state index in [1.807, 2.05) is 7.05 Å². The van der Waals surface area contributed by atoms with Crippen molar-refractivity contribution < 1.29 is 9.18 Å². The minimum absolute atomic E-state index is 0. The topological polar surface area (TPSA) is 32.3 Å². The molecule has 0 saturated carbocycles. The molecule has 1 N–H and O–H groups in total. The number of carbonyl (C=O) groups is 1. The first-order chi connectivity index (χ1) is 9.58. The molecular formula is C15H21BrClFN2O. The van der Waals surface area contributed by atoms with Gasteiger partial charge in [-0.3, -0.25) is 4.79 Å². The fourth-order valence-electron chi connectivity index (χ4n) is 1.85. The zero-order valence-electron chi connectivity index (χ0n) is 12.1. The van der Waals surface area contributed by atoms with Crippen LogP contribution in [0.3, 0.4) is 0 Å². The minimum Gasteiger partial charge on any atom is -0.335 e. The predicted molar refractivity (Wildman–Crippen MR) is 90.1 cm³/mol. The molecule has 0 heterocycles. The highest BCUT2D eigenvalue weighted by molar-refractivity contribution is 9.10. The molecule has 0 aliphatic rings. The molecule has 0 bridgehead atoms. The maximum atomic E-state index is 13.7.